The third-order valence-electron chi connectivity index (χ3n) is 15.5. The Hall–Kier alpha value is -1.05. The summed E-state index contributed by atoms with van der Waals surface area (Å²) >= 11 is 3.45. The van der Waals surface area contributed by atoms with Crippen LogP contribution in [0, 0.1) is 0 Å². The highest BCUT2D eigenvalue weighted by molar-refractivity contribution is 9.11. The van der Waals surface area contributed by atoms with Gasteiger partial charge in [0.2, 0.25) is 0 Å². The zero-order valence-electron chi connectivity index (χ0n) is 44.0. The average Bonchev–Trinajstić information content (AvgIpc) is 3.19. The first-order valence-corrected chi connectivity index (χ1v) is 36.7. The van der Waals surface area contributed by atoms with Crippen molar-refractivity contribution in [3.8, 4) is 0 Å². The molecule has 14 heteroatoms. The molecule has 1 aromatic carbocycles. The minimum atomic E-state index is -2.49. The summed E-state index contributed by atoms with van der Waals surface area (Å²) in [5, 5.41) is -0.315. The van der Waals surface area contributed by atoms with E-state index in [9.17, 15) is 9.59 Å². The minimum Gasteiger partial charge on any atom is -0.458 e. The Bertz CT molecular complexity index is 1700. The average molecular weight is 1040 g/mol. The van der Waals surface area contributed by atoms with Gasteiger partial charge in [0, 0.05) is 19.4 Å². The van der Waals surface area contributed by atoms with Crippen LogP contribution < -0.4 is 0 Å². The fraction of sp³-hybridized carbons (Fsp3) is 0.765. The molecule has 5 unspecified atom stereocenters. The highest BCUT2D eigenvalue weighted by Gasteiger charge is 2.58. The highest BCUT2D eigenvalue weighted by Crippen LogP contribution is 2.47. The molecule has 2 saturated heterocycles. The number of hydrogen-bond acceptors (Lipinski definition) is 9. The predicted molar refractivity (Wildman–Crippen MR) is 282 cm³/mol. The molecular weight excluding hydrogens is 949 g/mol. The standard InChI is InChI=1S/C51H91BrO9Si4/c1-20-65(21-2,22-3)55-35-34-40-31-33-42-44(56-40)46(60-63(16,17)50(8,9)10)47(61-64(18,19)51(11,12)13)45(58-42)43(59-62(14,15)49(5,6)7)32-29-39(53)28-30-41(36-37(4)52)57-48(54)38-26-24-23-25-27-38/h23-27,29,32,40-47H,4,20-22,28,30-31,33-36H2,1-3,5-19H3/b32-29+/t40?,41-,42?,43?,44+,45+,46?,47?/m1/s1. The van der Waals surface area contributed by atoms with E-state index < -0.39 is 69.8 Å². The van der Waals surface area contributed by atoms with Crippen molar-refractivity contribution in [2.45, 2.75) is 243 Å². The molecule has 0 aromatic heterocycles. The van der Waals surface area contributed by atoms with Crippen molar-refractivity contribution in [1.82, 2.24) is 0 Å². The lowest BCUT2D eigenvalue weighted by molar-refractivity contribution is -0.267. The lowest BCUT2D eigenvalue weighted by atomic mass is 9.87. The molecule has 2 fully saturated rings. The number of rotatable bonds is 23. The summed E-state index contributed by atoms with van der Waals surface area (Å²) < 4.78 is 50.6. The second-order valence-corrected chi connectivity index (χ2v) is 43.5. The first-order valence-electron chi connectivity index (χ1n) is 24.6. The molecule has 0 aliphatic carbocycles. The molecule has 0 spiro atoms. The number of carbonyl (C=O) groups is 2. The van der Waals surface area contributed by atoms with Gasteiger partial charge in [-0.3, -0.25) is 4.79 Å². The molecule has 0 bridgehead atoms. The number of hydrogen-bond donors (Lipinski definition) is 0. The van der Waals surface area contributed by atoms with Crippen LogP contribution in [0.3, 0.4) is 0 Å². The second kappa shape index (κ2) is 23.7. The van der Waals surface area contributed by atoms with Gasteiger partial charge in [0.1, 0.15) is 30.5 Å². The van der Waals surface area contributed by atoms with E-state index in [0.29, 0.717) is 29.5 Å². The van der Waals surface area contributed by atoms with Crippen LogP contribution in [0.25, 0.3) is 0 Å². The number of benzene rings is 1. The van der Waals surface area contributed by atoms with Crippen molar-refractivity contribution in [2.24, 2.45) is 0 Å². The van der Waals surface area contributed by atoms with Gasteiger partial charge < -0.3 is 31.9 Å². The summed E-state index contributed by atoms with van der Waals surface area (Å²) in [5.74, 6) is -0.517. The normalized spacial score (nSPS) is 23.8. The van der Waals surface area contributed by atoms with Crippen molar-refractivity contribution >= 4 is 61.0 Å². The lowest BCUT2D eigenvalue weighted by Gasteiger charge is -2.56. The van der Waals surface area contributed by atoms with E-state index in [1.807, 2.05) is 12.1 Å². The third kappa shape index (κ3) is 16.3. The maximum absolute atomic E-state index is 14.0. The van der Waals surface area contributed by atoms with Gasteiger partial charge in [-0.25, -0.2) is 4.79 Å². The minimum absolute atomic E-state index is 0.0157. The Labute approximate surface area is 408 Å². The van der Waals surface area contributed by atoms with Gasteiger partial charge in [0.05, 0.1) is 23.9 Å². The number of fused-ring (bicyclic) bond motifs is 1. The van der Waals surface area contributed by atoms with E-state index in [0.717, 1.165) is 37.4 Å². The molecule has 8 atom stereocenters. The first-order chi connectivity index (χ1) is 29.8. The van der Waals surface area contributed by atoms with Gasteiger partial charge in [0.15, 0.2) is 39.1 Å². The number of esters is 1. The molecular formula is C51H91BrO9Si4. The summed E-state index contributed by atoms with van der Waals surface area (Å²) in [6.45, 7) is 45.6. The number of carbonyl (C=O) groups excluding carboxylic acids is 2. The van der Waals surface area contributed by atoms with Crippen molar-refractivity contribution in [1.29, 1.82) is 0 Å². The van der Waals surface area contributed by atoms with E-state index in [4.69, 9.17) is 31.9 Å². The van der Waals surface area contributed by atoms with Crippen LogP contribution in [0.1, 0.15) is 132 Å². The number of allylic oxidation sites excluding steroid dienone is 1. The van der Waals surface area contributed by atoms with Crippen molar-refractivity contribution < 1.29 is 41.5 Å². The van der Waals surface area contributed by atoms with E-state index in [1.165, 1.54) is 0 Å². The molecule has 2 aliphatic rings. The maximum Gasteiger partial charge on any atom is 0.338 e. The summed E-state index contributed by atoms with van der Waals surface area (Å²) in [6.07, 6.45) is 3.69. The van der Waals surface area contributed by atoms with Crippen LogP contribution >= 0.6 is 15.9 Å². The van der Waals surface area contributed by atoms with Gasteiger partial charge in [-0.1, -0.05) is 130 Å². The number of halogens is 1. The number of ketones is 1. The zero-order valence-corrected chi connectivity index (χ0v) is 49.6. The molecule has 2 heterocycles. The Kier molecular flexibility index (Phi) is 21.2. The fourth-order valence-electron chi connectivity index (χ4n) is 7.79. The van der Waals surface area contributed by atoms with Crippen LogP contribution in [0.15, 0.2) is 53.5 Å². The predicted octanol–water partition coefficient (Wildman–Crippen LogP) is 14.3. The van der Waals surface area contributed by atoms with Crippen molar-refractivity contribution in [2.75, 3.05) is 6.61 Å². The smallest absolute Gasteiger partial charge is 0.338 e. The molecule has 0 N–H and O–H groups in total. The summed E-state index contributed by atoms with van der Waals surface area (Å²) in [6, 6.07) is 12.3. The summed E-state index contributed by atoms with van der Waals surface area (Å²) in [5.41, 5.74) is 0.464. The van der Waals surface area contributed by atoms with Gasteiger partial charge >= 0.3 is 5.97 Å². The topological polar surface area (TPSA) is 98.8 Å². The summed E-state index contributed by atoms with van der Waals surface area (Å²) in [7, 11) is -9.15. The van der Waals surface area contributed by atoms with E-state index in [1.54, 1.807) is 30.3 Å². The molecule has 372 valence electrons. The monoisotopic (exact) mass is 1040 g/mol. The quantitative estimate of drug-likeness (QED) is 0.0603. The third-order valence-corrected chi connectivity index (χ3v) is 34.0. The van der Waals surface area contributed by atoms with Crippen molar-refractivity contribution in [3.05, 3.63) is 59.1 Å². The Morgan fingerprint density at radius 1 is 0.800 bits per heavy atom. The van der Waals surface area contributed by atoms with Gasteiger partial charge in [0.25, 0.3) is 0 Å². The summed E-state index contributed by atoms with van der Waals surface area (Å²) in [4.78, 5) is 27.1. The van der Waals surface area contributed by atoms with Gasteiger partial charge in [-0.15, -0.1) is 0 Å². The highest BCUT2D eigenvalue weighted by atomic mass is 79.9. The van der Waals surface area contributed by atoms with Crippen LogP contribution in [-0.2, 0) is 36.7 Å². The van der Waals surface area contributed by atoms with Crippen LogP contribution in [0.2, 0.25) is 72.5 Å². The molecule has 2 aliphatic heterocycles. The lowest BCUT2D eigenvalue weighted by Crippen LogP contribution is -2.69. The Morgan fingerprint density at radius 3 is 1.85 bits per heavy atom. The number of ether oxygens (including phenoxy) is 3. The van der Waals surface area contributed by atoms with Crippen LogP contribution in [-0.4, -0.2) is 100 Å². The van der Waals surface area contributed by atoms with Crippen LogP contribution in [0.5, 0.6) is 0 Å². The van der Waals surface area contributed by atoms with Gasteiger partial charge in [-0.05, 0) is 121 Å². The SMILES string of the molecule is C=C(Br)C[C@@H](CCC(=O)/C=C/C(O[Si](C)(C)C(C)(C)C)[C@@H]1OC2CCC(CCO[Si](CC)(CC)CC)O[C@@H]2C(O[Si](C)(C)C(C)(C)C)C1O[Si](C)(C)C(C)(C)C)OC(=O)c1ccccc1. The maximum atomic E-state index is 14.0. The van der Waals surface area contributed by atoms with Crippen molar-refractivity contribution in [3.63, 3.8) is 0 Å². The Balaban J connectivity index is 2.12. The second-order valence-electron chi connectivity index (χ2n) is 23.3. The Morgan fingerprint density at radius 2 is 1.34 bits per heavy atom. The van der Waals surface area contributed by atoms with E-state index in [2.05, 4.69) is 145 Å². The molecule has 9 nitrogen and oxygen atoms in total. The molecule has 0 radical (unpaired) electrons. The molecule has 3 rings (SSSR count). The largest absolute Gasteiger partial charge is 0.458 e. The zero-order chi connectivity index (χ0) is 49.4. The molecule has 0 amide bonds. The first kappa shape index (κ1) is 58.3. The molecule has 65 heavy (non-hydrogen) atoms. The van der Waals surface area contributed by atoms with E-state index >= 15 is 0 Å². The molecule has 0 saturated carbocycles. The fourth-order valence-corrected chi connectivity index (χ4v) is 14.7. The van der Waals surface area contributed by atoms with Gasteiger partial charge in [-0.2, -0.15) is 0 Å². The molecule has 1 aromatic rings. The van der Waals surface area contributed by atoms with E-state index in [-0.39, 0.29) is 45.6 Å². The van der Waals surface area contributed by atoms with Crippen LogP contribution in [0.4, 0.5) is 0 Å².